The number of rotatable bonds is 0. The number of fused-ring (bicyclic) bond motifs is 1. The van der Waals surface area contributed by atoms with Gasteiger partial charge in [0.25, 0.3) is 0 Å². The van der Waals surface area contributed by atoms with E-state index in [1.54, 1.807) is 0 Å². The number of nitrogens with zero attached hydrogens (tertiary/aromatic N) is 2. The van der Waals surface area contributed by atoms with Crippen LogP contribution >= 0.6 is 0 Å². The van der Waals surface area contributed by atoms with Gasteiger partial charge in [0, 0.05) is 26.7 Å². The van der Waals surface area contributed by atoms with Crippen LogP contribution in [0.1, 0.15) is 32.1 Å². The third-order valence-electron chi connectivity index (χ3n) is 3.71. The first-order valence-corrected chi connectivity index (χ1v) is 5.23. The Balaban J connectivity index is 2.03. The molecule has 1 aliphatic heterocycles. The van der Waals surface area contributed by atoms with Crippen molar-refractivity contribution < 1.29 is 0 Å². The molecule has 1 heterocycles. The van der Waals surface area contributed by atoms with Crippen LogP contribution in [0.15, 0.2) is 0 Å². The maximum atomic E-state index is 2.47. The Morgan fingerprint density at radius 3 is 2.58 bits per heavy atom. The van der Waals surface area contributed by atoms with Crippen molar-refractivity contribution in [3.63, 3.8) is 0 Å². The fourth-order valence-electron chi connectivity index (χ4n) is 2.78. The van der Waals surface area contributed by atoms with Crippen LogP contribution in [0.4, 0.5) is 0 Å². The SMILES string of the molecule is CN1CCC2CCCCC2N1C. The van der Waals surface area contributed by atoms with Crippen LogP contribution in [0.2, 0.25) is 0 Å². The number of hydrogen-bond donors (Lipinski definition) is 0. The first-order chi connectivity index (χ1) is 5.79. The standard InChI is InChI=1S/C10H20N2/c1-11-8-7-9-5-3-4-6-10(9)12(11)2/h9-10H,3-8H2,1-2H3. The Kier molecular flexibility index (Phi) is 2.37. The third kappa shape index (κ3) is 1.38. The molecule has 2 heteroatoms. The molecule has 2 aliphatic rings. The summed E-state index contributed by atoms with van der Waals surface area (Å²) in [5.74, 6) is 1.000. The zero-order valence-electron chi connectivity index (χ0n) is 8.29. The van der Waals surface area contributed by atoms with Crippen LogP contribution in [-0.4, -0.2) is 36.7 Å². The van der Waals surface area contributed by atoms with Gasteiger partial charge in [-0.2, -0.15) is 0 Å². The van der Waals surface area contributed by atoms with E-state index in [4.69, 9.17) is 0 Å². The maximum absolute atomic E-state index is 2.47. The smallest absolute Gasteiger partial charge is 0.0271 e. The molecule has 0 aromatic carbocycles. The second-order valence-corrected chi connectivity index (χ2v) is 4.36. The highest BCUT2D eigenvalue weighted by molar-refractivity contribution is 4.84. The van der Waals surface area contributed by atoms with Crippen molar-refractivity contribution in [3.05, 3.63) is 0 Å². The van der Waals surface area contributed by atoms with E-state index in [2.05, 4.69) is 24.1 Å². The van der Waals surface area contributed by atoms with Crippen molar-refractivity contribution in [3.8, 4) is 0 Å². The first-order valence-electron chi connectivity index (χ1n) is 5.23. The quantitative estimate of drug-likeness (QED) is 0.543. The Morgan fingerprint density at radius 2 is 1.75 bits per heavy atom. The molecule has 2 atom stereocenters. The van der Waals surface area contributed by atoms with Gasteiger partial charge in [0.2, 0.25) is 0 Å². The normalized spacial score (nSPS) is 39.5. The zero-order valence-corrected chi connectivity index (χ0v) is 8.29. The van der Waals surface area contributed by atoms with Crippen molar-refractivity contribution in [2.45, 2.75) is 38.1 Å². The molecule has 2 rings (SSSR count). The van der Waals surface area contributed by atoms with E-state index < -0.39 is 0 Å². The lowest BCUT2D eigenvalue weighted by Crippen LogP contribution is -2.53. The van der Waals surface area contributed by atoms with E-state index in [0.717, 1.165) is 12.0 Å². The minimum Gasteiger partial charge on any atom is -0.245 e. The topological polar surface area (TPSA) is 6.48 Å². The highest BCUT2D eigenvalue weighted by Crippen LogP contribution is 2.33. The van der Waals surface area contributed by atoms with Crippen LogP contribution in [-0.2, 0) is 0 Å². The molecule has 2 fully saturated rings. The zero-order chi connectivity index (χ0) is 8.55. The minimum absolute atomic E-state index is 0.859. The van der Waals surface area contributed by atoms with Crippen LogP contribution in [0.3, 0.4) is 0 Å². The summed E-state index contributed by atoms with van der Waals surface area (Å²) in [6, 6.07) is 0.859. The molecule has 70 valence electrons. The molecule has 0 spiro atoms. The Bertz CT molecular complexity index is 156. The average molecular weight is 168 g/mol. The molecule has 0 N–H and O–H groups in total. The molecule has 2 unspecified atom stereocenters. The van der Waals surface area contributed by atoms with E-state index in [-0.39, 0.29) is 0 Å². The van der Waals surface area contributed by atoms with Gasteiger partial charge in [-0.05, 0) is 25.2 Å². The molecule has 0 bridgehead atoms. The molecule has 0 aromatic heterocycles. The molecule has 0 radical (unpaired) electrons. The number of hydrazine groups is 1. The highest BCUT2D eigenvalue weighted by atomic mass is 15.6. The lowest BCUT2D eigenvalue weighted by atomic mass is 9.81. The first kappa shape index (κ1) is 8.52. The molecule has 0 amide bonds. The fraction of sp³-hybridized carbons (Fsp3) is 1.00. The summed E-state index contributed by atoms with van der Waals surface area (Å²) in [5.41, 5.74) is 0. The second-order valence-electron chi connectivity index (χ2n) is 4.36. The largest absolute Gasteiger partial charge is 0.245 e. The van der Waals surface area contributed by atoms with Gasteiger partial charge in [-0.15, -0.1) is 0 Å². The predicted molar refractivity (Wildman–Crippen MR) is 50.8 cm³/mol. The molecule has 0 aromatic rings. The molecular formula is C10H20N2. The summed E-state index contributed by atoms with van der Waals surface area (Å²) < 4.78 is 0. The van der Waals surface area contributed by atoms with Gasteiger partial charge in [0.1, 0.15) is 0 Å². The van der Waals surface area contributed by atoms with Crippen molar-refractivity contribution >= 4 is 0 Å². The van der Waals surface area contributed by atoms with Gasteiger partial charge in [0.05, 0.1) is 0 Å². The van der Waals surface area contributed by atoms with Gasteiger partial charge in [-0.3, -0.25) is 0 Å². The summed E-state index contributed by atoms with van der Waals surface area (Å²) in [5, 5.41) is 4.85. The van der Waals surface area contributed by atoms with Crippen LogP contribution in [0, 0.1) is 5.92 Å². The summed E-state index contributed by atoms with van der Waals surface area (Å²) >= 11 is 0. The summed E-state index contributed by atoms with van der Waals surface area (Å²) in [4.78, 5) is 0. The summed E-state index contributed by atoms with van der Waals surface area (Å²) in [7, 11) is 4.47. The van der Waals surface area contributed by atoms with Crippen LogP contribution < -0.4 is 0 Å². The maximum Gasteiger partial charge on any atom is 0.0271 e. The Hall–Kier alpha value is -0.0800. The van der Waals surface area contributed by atoms with E-state index in [0.29, 0.717) is 0 Å². The van der Waals surface area contributed by atoms with Gasteiger partial charge < -0.3 is 0 Å². The van der Waals surface area contributed by atoms with Crippen molar-refractivity contribution in [1.29, 1.82) is 0 Å². The lowest BCUT2D eigenvalue weighted by Gasteiger charge is -2.47. The van der Waals surface area contributed by atoms with Gasteiger partial charge in [-0.25, -0.2) is 10.0 Å². The van der Waals surface area contributed by atoms with Gasteiger partial charge in [-0.1, -0.05) is 12.8 Å². The monoisotopic (exact) mass is 168 g/mol. The molecule has 1 saturated carbocycles. The molecule has 1 aliphatic carbocycles. The van der Waals surface area contributed by atoms with Crippen LogP contribution in [0.5, 0.6) is 0 Å². The average Bonchev–Trinajstić information content (AvgIpc) is 2.12. The van der Waals surface area contributed by atoms with Crippen molar-refractivity contribution in [2.24, 2.45) is 5.92 Å². The Morgan fingerprint density at radius 1 is 1.00 bits per heavy atom. The molecule has 1 saturated heterocycles. The minimum atomic E-state index is 0.859. The van der Waals surface area contributed by atoms with E-state index in [9.17, 15) is 0 Å². The van der Waals surface area contributed by atoms with E-state index in [1.165, 1.54) is 38.6 Å². The van der Waals surface area contributed by atoms with Gasteiger partial charge in [0.15, 0.2) is 0 Å². The van der Waals surface area contributed by atoms with E-state index in [1.807, 2.05) is 0 Å². The van der Waals surface area contributed by atoms with Crippen LogP contribution in [0.25, 0.3) is 0 Å². The summed E-state index contributed by atoms with van der Waals surface area (Å²) in [6.45, 7) is 1.26. The van der Waals surface area contributed by atoms with Gasteiger partial charge >= 0.3 is 0 Å². The molecular weight excluding hydrogens is 148 g/mol. The molecule has 2 nitrogen and oxygen atoms in total. The number of hydrogen-bond acceptors (Lipinski definition) is 2. The fourth-order valence-corrected chi connectivity index (χ4v) is 2.78. The predicted octanol–water partition coefficient (Wildman–Crippen LogP) is 1.73. The van der Waals surface area contributed by atoms with E-state index >= 15 is 0 Å². The summed E-state index contributed by atoms with van der Waals surface area (Å²) in [6.07, 6.45) is 7.23. The molecule has 12 heavy (non-hydrogen) atoms. The lowest BCUT2D eigenvalue weighted by molar-refractivity contribution is -0.0878. The highest BCUT2D eigenvalue weighted by Gasteiger charge is 2.33. The Labute approximate surface area is 75.5 Å². The van der Waals surface area contributed by atoms with Crippen molar-refractivity contribution in [1.82, 2.24) is 10.0 Å². The second kappa shape index (κ2) is 3.35. The van der Waals surface area contributed by atoms with Crippen molar-refractivity contribution in [2.75, 3.05) is 20.6 Å². The third-order valence-corrected chi connectivity index (χ3v) is 3.71.